The van der Waals surface area contributed by atoms with Crippen molar-refractivity contribution < 1.29 is 13.2 Å². The van der Waals surface area contributed by atoms with Crippen LogP contribution in [0.1, 0.15) is 30.2 Å². The number of aromatic nitrogens is 3. The molecule has 0 radical (unpaired) electrons. The molecule has 1 atom stereocenters. The molecule has 7 nitrogen and oxygen atoms in total. The van der Waals surface area contributed by atoms with Crippen LogP contribution in [0, 0.1) is 0 Å². The van der Waals surface area contributed by atoms with Crippen molar-refractivity contribution in [3.8, 4) is 0 Å². The molecule has 1 heterocycles. The van der Waals surface area contributed by atoms with Crippen LogP contribution in [0.4, 0.5) is 0 Å². The lowest BCUT2D eigenvalue weighted by Gasteiger charge is -2.13. The molecule has 24 heavy (non-hydrogen) atoms. The molecule has 0 amide bonds. The molecule has 0 aliphatic heterocycles. The van der Waals surface area contributed by atoms with Crippen LogP contribution in [0.15, 0.2) is 24.3 Å². The first-order valence-electron chi connectivity index (χ1n) is 7.43. The summed E-state index contributed by atoms with van der Waals surface area (Å²) in [6.45, 7) is 2.71. The summed E-state index contributed by atoms with van der Waals surface area (Å²) in [6.07, 6.45) is 1.68. The van der Waals surface area contributed by atoms with Crippen LogP contribution >= 0.6 is 11.6 Å². The van der Waals surface area contributed by atoms with Gasteiger partial charge in [-0.15, -0.1) is 0 Å². The van der Waals surface area contributed by atoms with Crippen LogP contribution < -0.4 is 4.72 Å². The molecule has 0 saturated heterocycles. The number of nitrogens with one attached hydrogen (secondary N) is 1. The quantitative estimate of drug-likeness (QED) is 0.763. The lowest BCUT2D eigenvalue weighted by atomic mass is 10.2. The van der Waals surface area contributed by atoms with Gasteiger partial charge >= 0.3 is 0 Å². The first-order chi connectivity index (χ1) is 11.3. The Morgan fingerprint density at radius 2 is 2.00 bits per heavy atom. The molecular formula is C15H21ClN4O3S. The van der Waals surface area contributed by atoms with Crippen molar-refractivity contribution in [2.75, 3.05) is 20.0 Å². The minimum Gasteiger partial charge on any atom is -0.384 e. The summed E-state index contributed by atoms with van der Waals surface area (Å²) in [6, 6.07) is 6.92. The van der Waals surface area contributed by atoms with E-state index < -0.39 is 16.1 Å². The van der Waals surface area contributed by atoms with E-state index in [-0.39, 0.29) is 0 Å². The van der Waals surface area contributed by atoms with Gasteiger partial charge < -0.3 is 4.74 Å². The average molecular weight is 373 g/mol. The Labute approximate surface area is 147 Å². The Morgan fingerprint density at radius 3 is 2.58 bits per heavy atom. The molecule has 1 aromatic heterocycles. The molecule has 9 heteroatoms. The highest BCUT2D eigenvalue weighted by Crippen LogP contribution is 2.15. The fraction of sp³-hybridized carbons (Fsp3) is 0.467. The fourth-order valence-electron chi connectivity index (χ4n) is 2.28. The second-order valence-electron chi connectivity index (χ2n) is 5.52. The van der Waals surface area contributed by atoms with Crippen LogP contribution in [-0.4, -0.2) is 43.2 Å². The third-order valence-electron chi connectivity index (χ3n) is 3.30. The minimum absolute atomic E-state index is 0.474. The normalized spacial score (nSPS) is 13.2. The van der Waals surface area contributed by atoms with Crippen molar-refractivity contribution in [3.63, 3.8) is 0 Å². The highest BCUT2D eigenvalue weighted by Gasteiger charge is 2.19. The number of nitrogens with zero attached hydrogens (tertiary/aromatic N) is 3. The number of rotatable bonds is 8. The van der Waals surface area contributed by atoms with Crippen LogP contribution in [0.25, 0.3) is 0 Å². The third-order valence-corrected chi connectivity index (χ3v) is 4.33. The van der Waals surface area contributed by atoms with Crippen molar-refractivity contribution >= 4 is 21.6 Å². The molecule has 2 aromatic rings. The van der Waals surface area contributed by atoms with E-state index in [0.29, 0.717) is 36.2 Å². The van der Waals surface area contributed by atoms with Gasteiger partial charge in [0.05, 0.1) is 25.4 Å². The number of halogens is 1. The van der Waals surface area contributed by atoms with Crippen LogP contribution in [-0.2, 0) is 27.7 Å². The van der Waals surface area contributed by atoms with Gasteiger partial charge in [0.1, 0.15) is 5.82 Å². The number of hydrogen-bond acceptors (Lipinski definition) is 5. The standard InChI is InChI=1S/C15H21ClN4O3S/c1-11(19-24(3,21)22)15-17-14(8-9-23-2)18-20(15)10-12-4-6-13(16)7-5-12/h4-7,11,19H,8-10H2,1-3H3/t11-/m0/s1. The van der Waals surface area contributed by atoms with Gasteiger partial charge in [0.25, 0.3) is 0 Å². The molecule has 132 valence electrons. The van der Waals surface area contributed by atoms with E-state index in [4.69, 9.17) is 16.3 Å². The average Bonchev–Trinajstić information content (AvgIpc) is 2.89. The van der Waals surface area contributed by atoms with Crippen molar-refractivity contribution in [1.29, 1.82) is 0 Å². The third kappa shape index (κ3) is 5.55. The summed E-state index contributed by atoms with van der Waals surface area (Å²) in [7, 11) is -1.74. The maximum Gasteiger partial charge on any atom is 0.209 e. The highest BCUT2D eigenvalue weighted by molar-refractivity contribution is 7.88. The summed E-state index contributed by atoms with van der Waals surface area (Å²) >= 11 is 5.90. The molecule has 2 rings (SSSR count). The maximum absolute atomic E-state index is 11.5. The van der Waals surface area contributed by atoms with Gasteiger partial charge in [0.2, 0.25) is 10.0 Å². The van der Waals surface area contributed by atoms with Gasteiger partial charge in [-0.05, 0) is 24.6 Å². The number of benzene rings is 1. The van der Waals surface area contributed by atoms with E-state index >= 15 is 0 Å². The van der Waals surface area contributed by atoms with E-state index in [1.807, 2.05) is 12.1 Å². The largest absolute Gasteiger partial charge is 0.384 e. The maximum atomic E-state index is 11.5. The zero-order valence-corrected chi connectivity index (χ0v) is 15.4. The number of ether oxygens (including phenoxy) is 1. The van der Waals surface area contributed by atoms with Gasteiger partial charge in [0, 0.05) is 18.6 Å². The molecular weight excluding hydrogens is 352 g/mol. The molecule has 0 spiro atoms. The Hall–Kier alpha value is -1.48. The summed E-state index contributed by atoms with van der Waals surface area (Å²) in [5.74, 6) is 1.17. The monoisotopic (exact) mass is 372 g/mol. The number of sulfonamides is 1. The Kier molecular flexibility index (Phi) is 6.34. The van der Waals surface area contributed by atoms with Crippen molar-refractivity contribution in [1.82, 2.24) is 19.5 Å². The molecule has 0 saturated carbocycles. The number of hydrogen-bond donors (Lipinski definition) is 1. The SMILES string of the molecule is COCCc1nc([C@H](C)NS(C)(=O)=O)n(Cc2ccc(Cl)cc2)n1. The zero-order chi connectivity index (χ0) is 17.7. The predicted octanol–water partition coefficient (Wildman–Crippen LogP) is 1.78. The van der Waals surface area contributed by atoms with E-state index in [1.165, 1.54) is 0 Å². The highest BCUT2D eigenvalue weighted by atomic mass is 35.5. The van der Waals surface area contributed by atoms with Gasteiger partial charge in [0.15, 0.2) is 5.82 Å². The smallest absolute Gasteiger partial charge is 0.209 e. The van der Waals surface area contributed by atoms with Gasteiger partial charge in [-0.2, -0.15) is 5.10 Å². The number of methoxy groups -OCH3 is 1. The van der Waals surface area contributed by atoms with Gasteiger partial charge in [-0.25, -0.2) is 22.8 Å². The van der Waals surface area contributed by atoms with Crippen molar-refractivity contribution in [3.05, 3.63) is 46.5 Å². The van der Waals surface area contributed by atoms with E-state index in [2.05, 4.69) is 14.8 Å². The van der Waals surface area contributed by atoms with Gasteiger partial charge in [-0.1, -0.05) is 23.7 Å². The molecule has 0 aliphatic carbocycles. The molecule has 1 N–H and O–H groups in total. The molecule has 0 aliphatic rings. The molecule has 0 bridgehead atoms. The Balaban J connectivity index is 2.28. The summed E-state index contributed by atoms with van der Waals surface area (Å²) in [5.41, 5.74) is 0.996. The van der Waals surface area contributed by atoms with Crippen molar-refractivity contribution in [2.24, 2.45) is 0 Å². The lowest BCUT2D eigenvalue weighted by molar-refractivity contribution is 0.200. The van der Waals surface area contributed by atoms with Crippen molar-refractivity contribution in [2.45, 2.75) is 25.9 Å². The molecule has 0 unspecified atom stereocenters. The van der Waals surface area contributed by atoms with Crippen LogP contribution in [0.5, 0.6) is 0 Å². The topological polar surface area (TPSA) is 86.1 Å². The van der Waals surface area contributed by atoms with Gasteiger partial charge in [-0.3, -0.25) is 0 Å². The Bertz CT molecular complexity index is 775. The summed E-state index contributed by atoms with van der Waals surface area (Å²) < 4.78 is 32.3. The zero-order valence-electron chi connectivity index (χ0n) is 13.9. The molecule has 0 fully saturated rings. The summed E-state index contributed by atoms with van der Waals surface area (Å²) in [4.78, 5) is 4.46. The first kappa shape index (κ1) is 18.9. The molecule has 1 aromatic carbocycles. The second-order valence-corrected chi connectivity index (χ2v) is 7.74. The lowest BCUT2D eigenvalue weighted by Crippen LogP contribution is -2.28. The minimum atomic E-state index is -3.35. The second kappa shape index (κ2) is 8.06. The van der Waals surface area contributed by atoms with Crippen LogP contribution in [0.3, 0.4) is 0 Å². The predicted molar refractivity (Wildman–Crippen MR) is 92.6 cm³/mol. The summed E-state index contributed by atoms with van der Waals surface area (Å²) in [5, 5.41) is 5.13. The van der Waals surface area contributed by atoms with E-state index in [9.17, 15) is 8.42 Å². The first-order valence-corrected chi connectivity index (χ1v) is 9.69. The Morgan fingerprint density at radius 1 is 1.33 bits per heavy atom. The fourth-order valence-corrected chi connectivity index (χ4v) is 3.15. The van der Waals surface area contributed by atoms with E-state index in [0.717, 1.165) is 11.8 Å². The van der Waals surface area contributed by atoms with Crippen LogP contribution in [0.2, 0.25) is 5.02 Å². The van der Waals surface area contributed by atoms with E-state index in [1.54, 1.807) is 30.8 Å².